The molecule has 0 aliphatic heterocycles. The van der Waals surface area contributed by atoms with Crippen molar-refractivity contribution in [1.82, 2.24) is 0 Å². The van der Waals surface area contributed by atoms with E-state index in [1.54, 1.807) is 0 Å². The van der Waals surface area contributed by atoms with Crippen molar-refractivity contribution in [3.8, 4) is 5.75 Å². The van der Waals surface area contributed by atoms with E-state index < -0.39 is 31.1 Å². The lowest BCUT2D eigenvalue weighted by molar-refractivity contribution is 0.438. The molecule has 0 aliphatic rings. The molecule has 0 amide bonds. The Bertz CT molecular complexity index is 787. The Kier molecular flexibility index (Phi) is 4.81. The highest BCUT2D eigenvalue weighted by atomic mass is 35.7. The summed E-state index contributed by atoms with van der Waals surface area (Å²) < 4.78 is 59.5. The number of benzene rings is 1. The molecule has 0 spiro atoms. The number of nitrogens with zero attached hydrogens (tertiary/aromatic N) is 3. The Morgan fingerprint density at radius 2 is 2.00 bits per heavy atom. The van der Waals surface area contributed by atoms with Crippen LogP contribution in [0.15, 0.2) is 17.2 Å². The minimum Gasteiger partial charge on any atom is -0.358 e. The smallest absolute Gasteiger partial charge is 0.358 e. The molecule has 12 heteroatoms. The topological polar surface area (TPSA) is 126 Å². The summed E-state index contributed by atoms with van der Waals surface area (Å²) in [5.41, 5.74) is 8.27. The predicted molar refractivity (Wildman–Crippen MR) is 69.1 cm³/mol. The van der Waals surface area contributed by atoms with Crippen LogP contribution in [0.4, 0.5) is 9.57 Å². The van der Waals surface area contributed by atoms with E-state index in [1.807, 2.05) is 0 Å². The van der Waals surface area contributed by atoms with E-state index in [1.165, 1.54) is 13.0 Å². The molecule has 1 aromatic carbocycles. The molecule has 110 valence electrons. The molecule has 1 rings (SSSR count). The van der Waals surface area contributed by atoms with Crippen molar-refractivity contribution in [2.45, 2.75) is 12.7 Å². The molecule has 1 aromatic rings. The Hall–Kier alpha value is -1.55. The van der Waals surface area contributed by atoms with Gasteiger partial charge in [-0.3, -0.25) is 0 Å². The minimum atomic E-state index is -5.31. The number of hydrogen-bond acceptors (Lipinski definition) is 6. The van der Waals surface area contributed by atoms with Crippen LogP contribution in [0, 0.1) is 6.92 Å². The summed E-state index contributed by atoms with van der Waals surface area (Å²) in [6, 6.07) is 2.15. The van der Waals surface area contributed by atoms with Crippen LogP contribution in [0.3, 0.4) is 0 Å². The van der Waals surface area contributed by atoms with Crippen molar-refractivity contribution in [2.75, 3.05) is 0 Å². The van der Waals surface area contributed by atoms with Gasteiger partial charge in [-0.1, -0.05) is 9.00 Å². The zero-order chi connectivity index (χ0) is 15.6. The van der Waals surface area contributed by atoms with Crippen LogP contribution in [0.1, 0.15) is 11.1 Å². The number of azide groups is 1. The summed E-state index contributed by atoms with van der Waals surface area (Å²) >= 11 is 0. The molecule has 0 heterocycles. The Balaban J connectivity index is 3.46. The molecule has 0 aliphatic carbocycles. The molecule has 20 heavy (non-hydrogen) atoms. The lowest BCUT2D eigenvalue weighted by atomic mass is 10.1. The largest absolute Gasteiger partial charge is 0.488 e. The first-order valence-electron chi connectivity index (χ1n) is 4.77. The van der Waals surface area contributed by atoms with Gasteiger partial charge in [0.15, 0.2) is 0 Å². The highest BCUT2D eigenvalue weighted by Gasteiger charge is 2.17. The van der Waals surface area contributed by atoms with Gasteiger partial charge in [-0.05, 0) is 30.2 Å². The fourth-order valence-corrected chi connectivity index (χ4v) is 2.69. The van der Waals surface area contributed by atoms with Crippen LogP contribution < -0.4 is 4.18 Å². The highest BCUT2D eigenvalue weighted by Crippen LogP contribution is 2.32. The van der Waals surface area contributed by atoms with Crippen LogP contribution in [-0.4, -0.2) is 16.8 Å². The predicted octanol–water partition coefficient (Wildman–Crippen LogP) is 2.60. The normalized spacial score (nSPS) is 11.8. The summed E-state index contributed by atoms with van der Waals surface area (Å²) in [6.45, 7) is 1.31. The summed E-state index contributed by atoms with van der Waals surface area (Å²) in [7, 11) is -4.19. The number of rotatable bonds is 5. The molecule has 0 aromatic heterocycles. The third-order valence-corrected chi connectivity index (χ3v) is 3.46. The van der Waals surface area contributed by atoms with Gasteiger partial charge in [0, 0.05) is 26.8 Å². The second-order valence-electron chi connectivity index (χ2n) is 3.59. The molecule has 0 fully saturated rings. The van der Waals surface area contributed by atoms with Gasteiger partial charge in [-0.2, -0.15) is 8.42 Å². The molecule has 0 atom stereocenters. The molecule has 0 unspecified atom stereocenters. The Morgan fingerprint density at radius 3 is 2.45 bits per heavy atom. The van der Waals surface area contributed by atoms with Gasteiger partial charge in [-0.15, -0.1) is 0 Å². The third kappa shape index (κ3) is 5.21. The van der Waals surface area contributed by atoms with Crippen LogP contribution in [-0.2, 0) is 25.3 Å². The van der Waals surface area contributed by atoms with Crippen molar-refractivity contribution >= 4 is 35.9 Å². The van der Waals surface area contributed by atoms with Crippen LogP contribution in [0.5, 0.6) is 5.75 Å². The molecule has 8 nitrogen and oxygen atoms in total. The van der Waals surface area contributed by atoms with E-state index in [0.29, 0.717) is 0 Å². The van der Waals surface area contributed by atoms with Crippen LogP contribution in [0.2, 0.25) is 0 Å². The van der Waals surface area contributed by atoms with Crippen LogP contribution in [0.25, 0.3) is 10.4 Å². The fourth-order valence-electron chi connectivity index (χ4n) is 1.36. The maximum absolute atomic E-state index is 12.5. The number of halogens is 2. The minimum absolute atomic E-state index is 0.0216. The van der Waals surface area contributed by atoms with E-state index >= 15 is 0 Å². The van der Waals surface area contributed by atoms with Gasteiger partial charge in [-0.25, -0.2) is 8.42 Å². The van der Waals surface area contributed by atoms with E-state index in [2.05, 4.69) is 14.2 Å². The van der Waals surface area contributed by atoms with Crippen molar-refractivity contribution in [1.29, 1.82) is 0 Å². The first-order valence-corrected chi connectivity index (χ1v) is 8.55. The van der Waals surface area contributed by atoms with Gasteiger partial charge < -0.3 is 4.18 Å². The van der Waals surface area contributed by atoms with Gasteiger partial charge in [0.25, 0.3) is 0 Å². The average Bonchev–Trinajstić information content (AvgIpc) is 2.20. The average molecular weight is 344 g/mol. The monoisotopic (exact) mass is 343 g/mol. The SMILES string of the molecule is Cc1c(N=[N+]=[N-])cc(CS(=O)(=O)Cl)cc1OS(=O)(=O)F. The molecule has 0 N–H and O–H groups in total. The second kappa shape index (κ2) is 5.83. The third-order valence-electron chi connectivity index (χ3n) is 2.07. The lowest BCUT2D eigenvalue weighted by Gasteiger charge is -2.09. The summed E-state index contributed by atoms with van der Waals surface area (Å²) in [5.74, 6) is -1.17. The molecule has 0 saturated carbocycles. The van der Waals surface area contributed by atoms with E-state index in [0.717, 1.165) is 6.07 Å². The Morgan fingerprint density at radius 1 is 1.40 bits per heavy atom. The van der Waals surface area contributed by atoms with Crippen molar-refractivity contribution in [3.05, 3.63) is 33.7 Å². The highest BCUT2D eigenvalue weighted by molar-refractivity contribution is 8.13. The fraction of sp³-hybridized carbons (Fsp3) is 0.250. The zero-order valence-corrected chi connectivity index (χ0v) is 12.2. The summed E-state index contributed by atoms with van der Waals surface area (Å²) in [6.07, 6.45) is 0. The summed E-state index contributed by atoms with van der Waals surface area (Å²) in [5, 5.41) is 3.23. The molecule has 0 saturated heterocycles. The van der Waals surface area contributed by atoms with Gasteiger partial charge in [0.2, 0.25) is 9.05 Å². The Labute approximate surface area is 118 Å². The van der Waals surface area contributed by atoms with E-state index in [-0.39, 0.29) is 16.8 Å². The van der Waals surface area contributed by atoms with Gasteiger partial charge in [0.05, 0.1) is 5.75 Å². The summed E-state index contributed by atoms with van der Waals surface area (Å²) in [4.78, 5) is 2.49. The molecular formula is C8H7ClFN3O5S2. The van der Waals surface area contributed by atoms with E-state index in [4.69, 9.17) is 16.2 Å². The first-order chi connectivity index (χ1) is 9.02. The molecule has 0 bridgehead atoms. The standard InChI is InChI=1S/C8H7ClFN3O5S2/c1-5-7(12-13-11)2-6(4-19(9,14)15)3-8(5)18-20(10,16)17/h2-3H,4H2,1H3. The maximum atomic E-state index is 12.5. The molecule has 0 radical (unpaired) electrons. The quantitative estimate of drug-likeness (QED) is 0.351. The maximum Gasteiger partial charge on any atom is 0.488 e. The second-order valence-corrected chi connectivity index (χ2v) is 7.32. The van der Waals surface area contributed by atoms with Gasteiger partial charge >= 0.3 is 10.5 Å². The van der Waals surface area contributed by atoms with Gasteiger partial charge in [0.1, 0.15) is 5.75 Å². The van der Waals surface area contributed by atoms with E-state index in [9.17, 15) is 20.7 Å². The first kappa shape index (κ1) is 16.5. The van der Waals surface area contributed by atoms with Crippen molar-refractivity contribution in [2.24, 2.45) is 5.11 Å². The van der Waals surface area contributed by atoms with Crippen molar-refractivity contribution < 1.29 is 24.9 Å². The van der Waals surface area contributed by atoms with Crippen molar-refractivity contribution in [3.63, 3.8) is 0 Å². The number of hydrogen-bond donors (Lipinski definition) is 0. The van der Waals surface area contributed by atoms with Crippen LogP contribution >= 0.6 is 10.7 Å². The lowest BCUT2D eigenvalue weighted by Crippen LogP contribution is -2.04. The zero-order valence-electron chi connectivity index (χ0n) is 9.82. The molecular weight excluding hydrogens is 337 g/mol.